The molecule has 3 aromatic heterocycles. The van der Waals surface area contributed by atoms with Gasteiger partial charge in [0.1, 0.15) is 17.5 Å². The van der Waals surface area contributed by atoms with E-state index in [1.54, 1.807) is 29.0 Å². The second kappa shape index (κ2) is 15.9. The molecule has 0 atom stereocenters. The highest BCUT2D eigenvalue weighted by Crippen LogP contribution is 2.43. The van der Waals surface area contributed by atoms with Crippen LogP contribution in [-0.4, -0.2) is 15.7 Å². The topological polar surface area (TPSA) is 65.3 Å². The summed E-state index contributed by atoms with van der Waals surface area (Å²) < 4.78 is 15.0. The number of benzene rings is 6. The van der Waals surface area contributed by atoms with E-state index in [1.165, 1.54) is 22.3 Å². The van der Waals surface area contributed by atoms with Crippen LogP contribution in [0.1, 0.15) is 31.8 Å². The van der Waals surface area contributed by atoms with E-state index in [9.17, 15) is 9.59 Å². The molecule has 0 radical (unpaired) electrons. The minimum Gasteiger partial charge on any atom is -0.463 e. The van der Waals surface area contributed by atoms with Crippen molar-refractivity contribution in [2.45, 2.75) is 6.42 Å². The fourth-order valence-corrected chi connectivity index (χ4v) is 8.10. The number of para-hydroxylation sites is 1. The van der Waals surface area contributed by atoms with Gasteiger partial charge in [0, 0.05) is 54.0 Å². The molecule has 55 heavy (non-hydrogen) atoms. The second-order valence-electron chi connectivity index (χ2n) is 12.7. The summed E-state index contributed by atoms with van der Waals surface area (Å²) >= 11 is 11.9. The van der Waals surface area contributed by atoms with Gasteiger partial charge in [-0.2, -0.15) is 0 Å². The monoisotopic (exact) mass is 865 g/mol. The molecule has 0 saturated heterocycles. The lowest BCUT2D eigenvalue weighted by atomic mass is 10.1. The highest BCUT2D eigenvalue weighted by atomic mass is 79.9. The predicted octanol–water partition coefficient (Wildman–Crippen LogP) is 13.9. The Kier molecular flexibility index (Phi) is 10.5. The van der Waals surface area contributed by atoms with Crippen molar-refractivity contribution in [3.8, 4) is 33.8 Å². The molecule has 1 aliphatic carbocycles. The molecule has 10 rings (SSSR count). The summed E-state index contributed by atoms with van der Waals surface area (Å²) in [7, 11) is 0. The van der Waals surface area contributed by atoms with Crippen molar-refractivity contribution in [2.24, 2.45) is 0 Å². The third kappa shape index (κ3) is 7.14. The van der Waals surface area contributed by atoms with E-state index in [4.69, 9.17) is 20.4 Å². The van der Waals surface area contributed by atoms with E-state index >= 15 is 0 Å². The maximum atomic E-state index is 13.5. The molecule has 268 valence electrons. The van der Waals surface area contributed by atoms with Gasteiger partial charge >= 0.3 is 0 Å². The zero-order valence-corrected chi connectivity index (χ0v) is 33.0. The van der Waals surface area contributed by atoms with Crippen LogP contribution in [0, 0.1) is 0 Å². The Balaban J connectivity index is 0.000000131. The minimum absolute atomic E-state index is 0.0905. The van der Waals surface area contributed by atoms with Crippen LogP contribution >= 0.6 is 43.5 Å². The third-order valence-corrected chi connectivity index (χ3v) is 11.0. The van der Waals surface area contributed by atoms with Gasteiger partial charge < -0.3 is 8.83 Å². The second-order valence-corrected chi connectivity index (χ2v) is 14.8. The van der Waals surface area contributed by atoms with Gasteiger partial charge in [0.15, 0.2) is 5.76 Å². The molecule has 1 aliphatic rings. The molecule has 0 bridgehead atoms. The number of aromatic nitrogens is 1. The van der Waals surface area contributed by atoms with Gasteiger partial charge in [-0.15, -0.1) is 0 Å². The van der Waals surface area contributed by atoms with Crippen LogP contribution in [0.3, 0.4) is 0 Å². The Morgan fingerprint density at radius 3 is 1.75 bits per heavy atom. The van der Waals surface area contributed by atoms with Crippen LogP contribution < -0.4 is 0 Å². The van der Waals surface area contributed by atoms with Gasteiger partial charge in [-0.05, 0) is 69.0 Å². The standard InChI is InChI=1S/C23H14BrNO2.C17H12O.C7H4BrClO/c24-19-12-6-4-11-17(19)23(26)25-20-13-7-5-10-16(20)18-14-27-22(21(18)25)15-8-2-1-3-9-15;1-2-6-12(7-3-1)17-15-10-13-8-4-5-9-14(13)16(15)11-18-17;8-6-4-2-1-3-5(6)7(9)10/h1-14H;1-9,11H,10H2;1-4H. The van der Waals surface area contributed by atoms with Gasteiger partial charge in [-0.25, -0.2) is 0 Å². The van der Waals surface area contributed by atoms with Crippen molar-refractivity contribution >= 4 is 76.4 Å². The molecule has 0 saturated carbocycles. The normalized spacial score (nSPS) is 11.3. The van der Waals surface area contributed by atoms with Crippen LogP contribution in [0.25, 0.3) is 55.6 Å². The van der Waals surface area contributed by atoms with Crippen LogP contribution in [0.4, 0.5) is 0 Å². The summed E-state index contributed by atoms with van der Waals surface area (Å²) in [5, 5.41) is 1.50. The van der Waals surface area contributed by atoms with E-state index < -0.39 is 5.24 Å². The Hall–Kier alpha value is -5.73. The van der Waals surface area contributed by atoms with Crippen LogP contribution in [0.5, 0.6) is 0 Å². The molecule has 9 aromatic rings. The molecule has 0 spiro atoms. The largest absolute Gasteiger partial charge is 0.463 e. The lowest BCUT2D eigenvalue weighted by molar-refractivity contribution is 0.0968. The summed E-state index contributed by atoms with van der Waals surface area (Å²) in [5.74, 6) is 1.62. The molecule has 3 heterocycles. The average molecular weight is 868 g/mol. The van der Waals surface area contributed by atoms with Gasteiger partial charge in [-0.3, -0.25) is 14.2 Å². The van der Waals surface area contributed by atoms with Crippen LogP contribution in [0.2, 0.25) is 0 Å². The molecule has 6 aromatic carbocycles. The van der Waals surface area contributed by atoms with Crippen molar-refractivity contribution in [1.29, 1.82) is 0 Å². The lowest BCUT2D eigenvalue weighted by Gasteiger charge is -2.08. The molecule has 0 aliphatic heterocycles. The van der Waals surface area contributed by atoms with Crippen molar-refractivity contribution in [1.82, 2.24) is 4.57 Å². The number of carbonyl (C=O) groups excluding carboxylic acids is 2. The lowest BCUT2D eigenvalue weighted by Crippen LogP contribution is -2.12. The number of hydrogen-bond acceptors (Lipinski definition) is 4. The quantitative estimate of drug-likeness (QED) is 0.165. The number of nitrogens with zero attached hydrogens (tertiary/aromatic N) is 1. The molecule has 0 N–H and O–H groups in total. The van der Waals surface area contributed by atoms with E-state index in [0.717, 1.165) is 54.1 Å². The van der Waals surface area contributed by atoms with E-state index in [1.807, 2.05) is 109 Å². The molecule has 8 heteroatoms. The summed E-state index contributed by atoms with van der Waals surface area (Å²) in [6.45, 7) is 0. The van der Waals surface area contributed by atoms with Gasteiger partial charge in [0.05, 0.1) is 17.3 Å². The third-order valence-electron chi connectivity index (χ3n) is 9.46. The highest BCUT2D eigenvalue weighted by Gasteiger charge is 2.25. The minimum atomic E-state index is -0.438. The van der Waals surface area contributed by atoms with Crippen molar-refractivity contribution < 1.29 is 18.4 Å². The van der Waals surface area contributed by atoms with Crippen LogP contribution in [-0.2, 0) is 6.42 Å². The zero-order chi connectivity index (χ0) is 37.9. The maximum absolute atomic E-state index is 13.5. The van der Waals surface area contributed by atoms with E-state index in [2.05, 4.69) is 68.3 Å². The smallest absolute Gasteiger partial charge is 0.264 e. The van der Waals surface area contributed by atoms with Crippen molar-refractivity contribution in [3.63, 3.8) is 0 Å². The molecule has 0 unspecified atom stereocenters. The summed E-state index contributed by atoms with van der Waals surface area (Å²) in [4.78, 5) is 24.1. The number of carbonyl (C=O) groups is 2. The Labute approximate surface area is 339 Å². The number of fused-ring (bicyclic) bond motifs is 6. The molecular weight excluding hydrogens is 838 g/mol. The number of furan rings is 2. The van der Waals surface area contributed by atoms with Crippen LogP contribution in [0.15, 0.2) is 188 Å². The number of hydrogen-bond donors (Lipinski definition) is 0. The first-order valence-electron chi connectivity index (χ1n) is 17.4. The van der Waals surface area contributed by atoms with Crippen molar-refractivity contribution in [2.75, 3.05) is 0 Å². The SMILES string of the molecule is O=C(Cl)c1ccccc1Br.O=C(c1ccccc1Br)n1c2ccccc2c2coc(-c3ccccc3)c21.c1ccc(-c2occ3c2Cc2ccccc2-3)cc1. The Morgan fingerprint density at radius 2 is 1.09 bits per heavy atom. The first kappa shape index (κ1) is 36.3. The zero-order valence-electron chi connectivity index (χ0n) is 29.1. The molecule has 0 amide bonds. The van der Waals surface area contributed by atoms with Crippen molar-refractivity contribution in [3.05, 3.63) is 201 Å². The maximum Gasteiger partial charge on any atom is 0.264 e. The van der Waals surface area contributed by atoms with Gasteiger partial charge in [0.2, 0.25) is 0 Å². The fraction of sp³-hybridized carbons (Fsp3) is 0.0213. The van der Waals surface area contributed by atoms with E-state index in [0.29, 0.717) is 16.9 Å². The first-order chi connectivity index (χ1) is 26.9. The highest BCUT2D eigenvalue weighted by molar-refractivity contribution is 9.10. The fourth-order valence-electron chi connectivity index (χ4n) is 6.91. The average Bonchev–Trinajstić information content (AvgIpc) is 4.00. The summed E-state index contributed by atoms with van der Waals surface area (Å²) in [6.07, 6.45) is 4.61. The molecule has 0 fully saturated rings. The van der Waals surface area contributed by atoms with E-state index in [-0.39, 0.29) is 5.91 Å². The number of rotatable bonds is 4. The summed E-state index contributed by atoms with van der Waals surface area (Å²) in [5.41, 5.74) is 10.2. The van der Waals surface area contributed by atoms with Gasteiger partial charge in [0.25, 0.3) is 11.1 Å². The number of halogens is 3. The summed E-state index contributed by atoms with van der Waals surface area (Å²) in [6, 6.07) is 51.2. The first-order valence-corrected chi connectivity index (χ1v) is 19.4. The molecule has 5 nitrogen and oxygen atoms in total. The Morgan fingerprint density at radius 1 is 0.545 bits per heavy atom. The Bertz CT molecular complexity index is 2820. The molecular formula is C47H30Br2ClNO4. The predicted molar refractivity (Wildman–Crippen MR) is 228 cm³/mol. The van der Waals surface area contributed by atoms with Gasteiger partial charge in [-0.1, -0.05) is 143 Å².